The molecule has 1 aliphatic heterocycles. The fraction of sp³-hybridized carbons (Fsp3) is 0.800. The fourth-order valence-electron chi connectivity index (χ4n) is 3.11. The average molecular weight is 280 g/mol. The summed E-state index contributed by atoms with van der Waals surface area (Å²) in [6, 6.07) is 0.468. The van der Waals surface area contributed by atoms with Crippen molar-refractivity contribution in [3.8, 4) is 0 Å². The lowest BCUT2D eigenvalue weighted by Gasteiger charge is -2.39. The minimum atomic E-state index is 0.272. The summed E-state index contributed by atoms with van der Waals surface area (Å²) in [5, 5.41) is 13.8. The van der Waals surface area contributed by atoms with Crippen molar-refractivity contribution >= 4 is 0 Å². The van der Waals surface area contributed by atoms with Gasteiger partial charge in [0.25, 0.3) is 0 Å². The van der Waals surface area contributed by atoms with Crippen molar-refractivity contribution in [2.45, 2.75) is 46.3 Å². The molecular weight excluding hydrogens is 252 g/mol. The van der Waals surface area contributed by atoms with Crippen molar-refractivity contribution in [3.05, 3.63) is 17.0 Å². The third kappa shape index (κ3) is 3.22. The molecular formula is C15H28N4O. The first-order chi connectivity index (χ1) is 9.56. The van der Waals surface area contributed by atoms with Gasteiger partial charge in [0.05, 0.1) is 5.69 Å². The zero-order valence-corrected chi connectivity index (χ0v) is 13.3. The van der Waals surface area contributed by atoms with E-state index in [9.17, 15) is 5.11 Å². The van der Waals surface area contributed by atoms with Crippen molar-refractivity contribution in [1.29, 1.82) is 0 Å². The van der Waals surface area contributed by atoms with Gasteiger partial charge >= 0.3 is 0 Å². The van der Waals surface area contributed by atoms with Crippen LogP contribution in [0.25, 0.3) is 0 Å². The summed E-state index contributed by atoms with van der Waals surface area (Å²) in [6.07, 6.45) is 0.860. The molecule has 0 bridgehead atoms. The maximum atomic E-state index is 9.18. The van der Waals surface area contributed by atoms with E-state index in [0.29, 0.717) is 6.04 Å². The quantitative estimate of drug-likeness (QED) is 0.874. The monoisotopic (exact) mass is 280 g/mol. The Hall–Kier alpha value is -0.910. The highest BCUT2D eigenvalue weighted by molar-refractivity contribution is 5.24. The van der Waals surface area contributed by atoms with Crippen LogP contribution in [0.2, 0.25) is 0 Å². The molecule has 2 heterocycles. The van der Waals surface area contributed by atoms with Crippen LogP contribution in [0.3, 0.4) is 0 Å². The predicted molar refractivity (Wildman–Crippen MR) is 80.8 cm³/mol. The van der Waals surface area contributed by atoms with Crippen LogP contribution in [0.4, 0.5) is 0 Å². The first kappa shape index (κ1) is 15.5. The standard InChI is InChI=1S/C15H28N4O/c1-5-19-13(3)15(12(2)16-19)11-18-8-7-17(4)14(10-18)6-9-20/h14,20H,5-11H2,1-4H3/t14-/m1/s1. The van der Waals surface area contributed by atoms with Gasteiger partial charge in [-0.05, 0) is 34.2 Å². The van der Waals surface area contributed by atoms with E-state index in [1.165, 1.54) is 11.3 Å². The van der Waals surface area contributed by atoms with Crippen LogP contribution in [0.5, 0.6) is 0 Å². The van der Waals surface area contributed by atoms with E-state index in [2.05, 4.69) is 47.4 Å². The number of aliphatic hydroxyl groups excluding tert-OH is 1. The van der Waals surface area contributed by atoms with Crippen LogP contribution in [0, 0.1) is 13.8 Å². The minimum absolute atomic E-state index is 0.272. The van der Waals surface area contributed by atoms with Gasteiger partial charge in [-0.2, -0.15) is 5.10 Å². The molecule has 1 aliphatic rings. The maximum Gasteiger partial charge on any atom is 0.0641 e. The molecule has 1 aromatic rings. The normalized spacial score (nSPS) is 21.6. The Morgan fingerprint density at radius 1 is 1.30 bits per heavy atom. The predicted octanol–water partition coefficient (Wildman–Crippen LogP) is 1.02. The first-order valence-corrected chi connectivity index (χ1v) is 7.63. The second-order valence-electron chi connectivity index (χ2n) is 5.85. The lowest BCUT2D eigenvalue weighted by molar-refractivity contribution is 0.0741. The number of hydrogen-bond donors (Lipinski definition) is 1. The lowest BCUT2D eigenvalue weighted by atomic mass is 10.1. The molecule has 1 atom stereocenters. The molecule has 2 rings (SSSR count). The second-order valence-corrected chi connectivity index (χ2v) is 5.85. The highest BCUT2D eigenvalue weighted by Crippen LogP contribution is 2.18. The highest BCUT2D eigenvalue weighted by Gasteiger charge is 2.25. The van der Waals surface area contributed by atoms with E-state index < -0.39 is 0 Å². The lowest BCUT2D eigenvalue weighted by Crippen LogP contribution is -2.51. The molecule has 0 radical (unpaired) electrons. The number of rotatable bonds is 5. The van der Waals surface area contributed by atoms with Crippen LogP contribution in [-0.2, 0) is 13.1 Å². The molecule has 0 amide bonds. The summed E-state index contributed by atoms with van der Waals surface area (Å²) in [6.45, 7) is 11.8. The van der Waals surface area contributed by atoms with E-state index in [4.69, 9.17) is 0 Å². The highest BCUT2D eigenvalue weighted by atomic mass is 16.3. The topological polar surface area (TPSA) is 44.5 Å². The van der Waals surface area contributed by atoms with Gasteiger partial charge in [-0.1, -0.05) is 0 Å². The number of aliphatic hydroxyl groups is 1. The smallest absolute Gasteiger partial charge is 0.0641 e. The van der Waals surface area contributed by atoms with Crippen molar-refractivity contribution in [1.82, 2.24) is 19.6 Å². The van der Waals surface area contributed by atoms with E-state index in [1.54, 1.807) is 0 Å². The van der Waals surface area contributed by atoms with Crippen LogP contribution < -0.4 is 0 Å². The zero-order valence-electron chi connectivity index (χ0n) is 13.3. The molecule has 0 aliphatic carbocycles. The third-order valence-corrected chi connectivity index (χ3v) is 4.54. The Bertz CT molecular complexity index is 443. The van der Waals surface area contributed by atoms with E-state index >= 15 is 0 Å². The molecule has 0 unspecified atom stereocenters. The van der Waals surface area contributed by atoms with E-state index in [-0.39, 0.29) is 6.61 Å². The average Bonchev–Trinajstić information content (AvgIpc) is 2.70. The van der Waals surface area contributed by atoms with Crippen molar-refractivity contribution < 1.29 is 5.11 Å². The summed E-state index contributed by atoms with van der Waals surface area (Å²) in [5.41, 5.74) is 3.82. The van der Waals surface area contributed by atoms with Gasteiger partial charge < -0.3 is 10.0 Å². The van der Waals surface area contributed by atoms with Crippen LogP contribution in [0.1, 0.15) is 30.3 Å². The van der Waals surface area contributed by atoms with E-state index in [0.717, 1.165) is 44.8 Å². The van der Waals surface area contributed by atoms with Crippen molar-refractivity contribution in [3.63, 3.8) is 0 Å². The number of hydrogen-bond acceptors (Lipinski definition) is 4. The molecule has 5 heteroatoms. The molecule has 0 aromatic carbocycles. The Morgan fingerprint density at radius 3 is 2.65 bits per heavy atom. The Kier molecular flexibility index (Phi) is 5.18. The summed E-state index contributed by atoms with van der Waals surface area (Å²) in [4.78, 5) is 4.86. The van der Waals surface area contributed by atoms with Gasteiger partial charge in [-0.15, -0.1) is 0 Å². The fourth-order valence-corrected chi connectivity index (χ4v) is 3.11. The molecule has 20 heavy (non-hydrogen) atoms. The number of piperazine rings is 1. The van der Waals surface area contributed by atoms with Crippen LogP contribution in [-0.4, -0.2) is 64.0 Å². The van der Waals surface area contributed by atoms with Gasteiger partial charge in [0.15, 0.2) is 0 Å². The number of aryl methyl sites for hydroxylation is 2. The molecule has 0 spiro atoms. The number of likely N-dealkylation sites (N-methyl/N-ethyl adjacent to an activating group) is 1. The Labute approximate surface area is 122 Å². The zero-order chi connectivity index (χ0) is 14.7. The van der Waals surface area contributed by atoms with Gasteiger partial charge in [0.2, 0.25) is 0 Å². The summed E-state index contributed by atoms with van der Waals surface area (Å²) in [7, 11) is 2.16. The molecule has 1 saturated heterocycles. The largest absolute Gasteiger partial charge is 0.396 e. The molecule has 5 nitrogen and oxygen atoms in total. The van der Waals surface area contributed by atoms with Gasteiger partial charge in [-0.3, -0.25) is 9.58 Å². The first-order valence-electron chi connectivity index (χ1n) is 7.63. The summed E-state index contributed by atoms with van der Waals surface area (Å²) < 4.78 is 2.09. The van der Waals surface area contributed by atoms with Crippen LogP contribution in [0.15, 0.2) is 0 Å². The SMILES string of the molecule is CCn1nc(C)c(CN2CCN(C)[C@H](CCO)C2)c1C. The van der Waals surface area contributed by atoms with Gasteiger partial charge in [-0.25, -0.2) is 0 Å². The van der Waals surface area contributed by atoms with Crippen molar-refractivity contribution in [2.24, 2.45) is 0 Å². The minimum Gasteiger partial charge on any atom is -0.396 e. The molecule has 1 N–H and O–H groups in total. The second kappa shape index (κ2) is 6.70. The number of aromatic nitrogens is 2. The van der Waals surface area contributed by atoms with E-state index in [1.807, 2.05) is 0 Å². The molecule has 114 valence electrons. The van der Waals surface area contributed by atoms with Crippen molar-refractivity contribution in [2.75, 3.05) is 33.3 Å². The van der Waals surface area contributed by atoms with Gasteiger partial charge in [0.1, 0.15) is 0 Å². The maximum absolute atomic E-state index is 9.18. The molecule has 1 fully saturated rings. The molecule has 1 aromatic heterocycles. The summed E-state index contributed by atoms with van der Waals surface area (Å²) in [5.74, 6) is 0. The van der Waals surface area contributed by atoms with Gasteiger partial charge in [0, 0.05) is 56.6 Å². The third-order valence-electron chi connectivity index (χ3n) is 4.54. The Morgan fingerprint density at radius 2 is 2.05 bits per heavy atom. The summed E-state index contributed by atoms with van der Waals surface area (Å²) >= 11 is 0. The molecule has 0 saturated carbocycles. The Balaban J connectivity index is 2.05. The van der Waals surface area contributed by atoms with Crippen LogP contribution >= 0.6 is 0 Å². The number of nitrogens with zero attached hydrogens (tertiary/aromatic N) is 4.